The molecule has 0 amide bonds. The van der Waals surface area contributed by atoms with Crippen LogP contribution in [0, 0.1) is 0 Å². The van der Waals surface area contributed by atoms with Crippen molar-refractivity contribution < 1.29 is 9.47 Å². The monoisotopic (exact) mass is 357 g/mol. The van der Waals surface area contributed by atoms with Crippen molar-refractivity contribution in [3.63, 3.8) is 0 Å². The Bertz CT molecular complexity index is 219. The lowest BCUT2D eigenvalue weighted by Gasteiger charge is -2.10. The molecular formula is C11H24IN3O2. The van der Waals surface area contributed by atoms with E-state index in [1.165, 1.54) is 0 Å². The van der Waals surface area contributed by atoms with Crippen LogP contribution < -0.4 is 11.1 Å². The zero-order valence-electron chi connectivity index (χ0n) is 10.6. The largest absolute Gasteiger partial charge is 0.377 e. The second-order valence-electron chi connectivity index (χ2n) is 4.28. The van der Waals surface area contributed by atoms with Gasteiger partial charge in [-0.25, -0.2) is 0 Å². The molecule has 1 atom stereocenters. The summed E-state index contributed by atoms with van der Waals surface area (Å²) in [4.78, 5) is 4.15. The van der Waals surface area contributed by atoms with E-state index in [-0.39, 0.29) is 30.1 Å². The Kier molecular flexibility index (Phi) is 9.85. The van der Waals surface area contributed by atoms with Gasteiger partial charge in [0.1, 0.15) is 0 Å². The summed E-state index contributed by atoms with van der Waals surface area (Å²) >= 11 is 0. The van der Waals surface area contributed by atoms with E-state index in [1.54, 1.807) is 0 Å². The first-order valence-electron chi connectivity index (χ1n) is 5.94. The normalized spacial score (nSPS) is 20.4. The predicted molar refractivity (Wildman–Crippen MR) is 80.0 cm³/mol. The second kappa shape index (κ2) is 9.90. The molecule has 1 fully saturated rings. The molecule has 0 aromatic rings. The van der Waals surface area contributed by atoms with Gasteiger partial charge in [-0.3, -0.25) is 4.99 Å². The summed E-state index contributed by atoms with van der Waals surface area (Å²) in [5.74, 6) is 0.482. The highest BCUT2D eigenvalue weighted by Crippen LogP contribution is 2.11. The Morgan fingerprint density at radius 3 is 2.94 bits per heavy atom. The van der Waals surface area contributed by atoms with Crippen molar-refractivity contribution in [1.82, 2.24) is 5.32 Å². The highest BCUT2D eigenvalue weighted by Gasteiger charge is 2.14. The van der Waals surface area contributed by atoms with Crippen LogP contribution >= 0.6 is 24.0 Å². The van der Waals surface area contributed by atoms with Crippen molar-refractivity contribution in [3.8, 4) is 0 Å². The molecule has 0 aromatic heterocycles. The molecule has 6 heteroatoms. The summed E-state index contributed by atoms with van der Waals surface area (Å²) in [7, 11) is 0. The van der Waals surface area contributed by atoms with Crippen LogP contribution in [0.4, 0.5) is 0 Å². The van der Waals surface area contributed by atoms with E-state index >= 15 is 0 Å². The molecule has 0 bridgehead atoms. The molecule has 17 heavy (non-hydrogen) atoms. The molecule has 1 aliphatic rings. The summed E-state index contributed by atoms with van der Waals surface area (Å²) in [6.07, 6.45) is 2.55. The standard InChI is InChI=1S/C11H23N3O2.HI/c1-9(2)14-11(12)13-5-7-15-8-10-4-3-6-16-10;/h9-10H,3-8H2,1-2H3,(H3,12,13,14);1H. The molecule has 1 rings (SSSR count). The molecule has 0 radical (unpaired) electrons. The van der Waals surface area contributed by atoms with Crippen molar-refractivity contribution in [2.75, 3.05) is 26.4 Å². The highest BCUT2D eigenvalue weighted by atomic mass is 127. The van der Waals surface area contributed by atoms with E-state index in [1.807, 2.05) is 13.8 Å². The average molecular weight is 357 g/mol. The number of hydrogen-bond acceptors (Lipinski definition) is 3. The number of nitrogens with zero attached hydrogens (tertiary/aromatic N) is 1. The number of nitrogens with two attached hydrogens (primary N) is 1. The first-order valence-corrected chi connectivity index (χ1v) is 5.94. The molecule has 0 spiro atoms. The lowest BCUT2D eigenvalue weighted by molar-refractivity contribution is 0.0200. The fourth-order valence-electron chi connectivity index (χ4n) is 1.56. The van der Waals surface area contributed by atoms with Crippen molar-refractivity contribution in [1.29, 1.82) is 0 Å². The number of nitrogens with one attached hydrogen (secondary N) is 1. The average Bonchev–Trinajstić information content (AvgIpc) is 2.68. The molecule has 1 aliphatic heterocycles. The second-order valence-corrected chi connectivity index (χ2v) is 4.28. The Morgan fingerprint density at radius 2 is 2.35 bits per heavy atom. The first kappa shape index (κ1) is 16.9. The molecule has 102 valence electrons. The fraction of sp³-hybridized carbons (Fsp3) is 0.909. The minimum absolute atomic E-state index is 0. The van der Waals surface area contributed by atoms with Crippen LogP contribution in [0.3, 0.4) is 0 Å². The third kappa shape index (κ3) is 8.62. The third-order valence-corrected chi connectivity index (χ3v) is 2.28. The lowest BCUT2D eigenvalue weighted by Crippen LogP contribution is -2.37. The van der Waals surface area contributed by atoms with Crippen LogP contribution in [0.25, 0.3) is 0 Å². The minimum atomic E-state index is 0. The predicted octanol–water partition coefficient (Wildman–Crippen LogP) is 1.11. The van der Waals surface area contributed by atoms with E-state index < -0.39 is 0 Å². The number of hydrogen-bond donors (Lipinski definition) is 2. The molecule has 0 saturated carbocycles. The summed E-state index contributed by atoms with van der Waals surface area (Å²) in [5.41, 5.74) is 5.64. The van der Waals surface area contributed by atoms with Gasteiger partial charge in [0, 0.05) is 12.6 Å². The number of guanidine groups is 1. The summed E-state index contributed by atoms with van der Waals surface area (Å²) in [6.45, 7) is 6.79. The van der Waals surface area contributed by atoms with Crippen LogP contribution in [-0.4, -0.2) is 44.5 Å². The molecule has 0 aliphatic carbocycles. The molecule has 1 heterocycles. The molecular weight excluding hydrogens is 333 g/mol. The number of ether oxygens (including phenoxy) is 2. The van der Waals surface area contributed by atoms with Crippen molar-refractivity contribution in [3.05, 3.63) is 0 Å². The van der Waals surface area contributed by atoms with Gasteiger partial charge in [0.25, 0.3) is 0 Å². The molecule has 5 nitrogen and oxygen atoms in total. The maximum atomic E-state index is 5.64. The van der Waals surface area contributed by atoms with Crippen LogP contribution in [-0.2, 0) is 9.47 Å². The topological polar surface area (TPSA) is 68.9 Å². The minimum Gasteiger partial charge on any atom is -0.377 e. The molecule has 1 saturated heterocycles. The molecule has 0 aromatic carbocycles. The van der Waals surface area contributed by atoms with Crippen LogP contribution in [0.2, 0.25) is 0 Å². The summed E-state index contributed by atoms with van der Waals surface area (Å²) < 4.78 is 10.9. The van der Waals surface area contributed by atoms with Crippen molar-refractivity contribution in [2.45, 2.75) is 38.8 Å². The lowest BCUT2D eigenvalue weighted by atomic mass is 10.2. The maximum Gasteiger partial charge on any atom is 0.188 e. The van der Waals surface area contributed by atoms with E-state index in [9.17, 15) is 0 Å². The zero-order chi connectivity index (χ0) is 11.8. The molecule has 1 unspecified atom stereocenters. The van der Waals surface area contributed by atoms with Gasteiger partial charge in [-0.1, -0.05) is 0 Å². The van der Waals surface area contributed by atoms with Crippen LogP contribution in [0.1, 0.15) is 26.7 Å². The SMILES string of the molecule is CC(C)NC(N)=NCCOCC1CCCO1.I. The van der Waals surface area contributed by atoms with Gasteiger partial charge in [0.05, 0.1) is 25.9 Å². The fourth-order valence-corrected chi connectivity index (χ4v) is 1.56. The van der Waals surface area contributed by atoms with E-state index in [2.05, 4.69) is 10.3 Å². The number of aliphatic imine (C=N–C) groups is 1. The van der Waals surface area contributed by atoms with Crippen molar-refractivity contribution >= 4 is 29.9 Å². The van der Waals surface area contributed by atoms with Crippen LogP contribution in [0.5, 0.6) is 0 Å². The summed E-state index contributed by atoms with van der Waals surface area (Å²) in [5, 5.41) is 3.02. The molecule has 3 N–H and O–H groups in total. The summed E-state index contributed by atoms with van der Waals surface area (Å²) in [6, 6.07) is 0.316. The van der Waals surface area contributed by atoms with Gasteiger partial charge in [0.15, 0.2) is 5.96 Å². The first-order chi connectivity index (χ1) is 7.68. The van der Waals surface area contributed by atoms with Gasteiger partial charge >= 0.3 is 0 Å². The van der Waals surface area contributed by atoms with Crippen LogP contribution in [0.15, 0.2) is 4.99 Å². The third-order valence-electron chi connectivity index (χ3n) is 2.28. The Labute approximate surface area is 121 Å². The quantitative estimate of drug-likeness (QED) is 0.324. The van der Waals surface area contributed by atoms with Gasteiger partial charge in [0.2, 0.25) is 0 Å². The Hall–Kier alpha value is -0.0800. The number of rotatable bonds is 6. The number of halogens is 1. The van der Waals surface area contributed by atoms with Gasteiger partial charge in [-0.15, -0.1) is 24.0 Å². The maximum absolute atomic E-state index is 5.64. The highest BCUT2D eigenvalue weighted by molar-refractivity contribution is 14.0. The van der Waals surface area contributed by atoms with Gasteiger partial charge in [-0.05, 0) is 26.7 Å². The van der Waals surface area contributed by atoms with Gasteiger partial charge < -0.3 is 20.5 Å². The van der Waals surface area contributed by atoms with E-state index in [0.717, 1.165) is 19.4 Å². The van der Waals surface area contributed by atoms with E-state index in [4.69, 9.17) is 15.2 Å². The zero-order valence-corrected chi connectivity index (χ0v) is 13.0. The smallest absolute Gasteiger partial charge is 0.188 e. The Morgan fingerprint density at radius 1 is 1.59 bits per heavy atom. The van der Waals surface area contributed by atoms with E-state index in [0.29, 0.717) is 31.8 Å². The van der Waals surface area contributed by atoms with Gasteiger partial charge in [-0.2, -0.15) is 0 Å². The van der Waals surface area contributed by atoms with Crippen molar-refractivity contribution in [2.24, 2.45) is 10.7 Å². The Balaban J connectivity index is 0.00000256.